The molecule has 1 aromatic carbocycles. The summed E-state index contributed by atoms with van der Waals surface area (Å²) in [7, 11) is 0. The molecule has 0 spiro atoms. The smallest absolute Gasteiger partial charge is 0.274 e. The second-order valence-corrected chi connectivity index (χ2v) is 7.98. The van der Waals surface area contributed by atoms with E-state index in [4.69, 9.17) is 10.5 Å². The number of benzene rings is 1. The van der Waals surface area contributed by atoms with Crippen molar-refractivity contribution in [3.05, 3.63) is 52.9 Å². The number of imidazole rings is 1. The molecule has 0 bridgehead atoms. The summed E-state index contributed by atoms with van der Waals surface area (Å²) in [6, 6.07) is 0.473. The van der Waals surface area contributed by atoms with E-state index in [-0.39, 0.29) is 36.8 Å². The van der Waals surface area contributed by atoms with Crippen LogP contribution < -0.4 is 5.73 Å². The number of hydrogen-bond donors (Lipinski definition) is 1. The lowest BCUT2D eigenvalue weighted by Crippen LogP contribution is -2.41. The van der Waals surface area contributed by atoms with Gasteiger partial charge in [0, 0.05) is 50.9 Å². The van der Waals surface area contributed by atoms with Crippen molar-refractivity contribution in [3.8, 4) is 0 Å². The predicted molar refractivity (Wildman–Crippen MR) is 107 cm³/mol. The molecule has 2 aliphatic heterocycles. The van der Waals surface area contributed by atoms with Crippen molar-refractivity contribution < 1.29 is 27.5 Å². The lowest BCUT2D eigenvalue weighted by Gasteiger charge is -2.28. The van der Waals surface area contributed by atoms with Crippen LogP contribution in [0.4, 0.5) is 13.2 Å². The number of nitrogens with zero attached hydrogens (tertiary/aromatic N) is 4. The Bertz CT molecular complexity index is 1020. The van der Waals surface area contributed by atoms with E-state index < -0.39 is 23.5 Å². The van der Waals surface area contributed by atoms with E-state index in [0.717, 1.165) is 6.07 Å². The van der Waals surface area contributed by atoms with Gasteiger partial charge >= 0.3 is 0 Å². The molecule has 1 atom stereocenters. The Morgan fingerprint density at radius 3 is 2.50 bits per heavy atom. The van der Waals surface area contributed by atoms with Crippen LogP contribution in [0.2, 0.25) is 0 Å². The van der Waals surface area contributed by atoms with Gasteiger partial charge < -0.3 is 24.8 Å². The first kappa shape index (κ1) is 22.3. The van der Waals surface area contributed by atoms with Crippen molar-refractivity contribution in [1.29, 1.82) is 0 Å². The van der Waals surface area contributed by atoms with Crippen molar-refractivity contribution in [2.24, 2.45) is 5.73 Å². The fourth-order valence-electron chi connectivity index (χ4n) is 3.92. The number of fused-ring (bicyclic) bond motifs is 1. The molecular weight excluding hydrogens is 427 g/mol. The highest BCUT2D eigenvalue weighted by molar-refractivity contribution is 5.92. The van der Waals surface area contributed by atoms with Gasteiger partial charge in [0.25, 0.3) is 5.91 Å². The number of morpholine rings is 1. The van der Waals surface area contributed by atoms with Gasteiger partial charge in [-0.25, -0.2) is 18.2 Å². The molecule has 172 valence electrons. The van der Waals surface area contributed by atoms with Crippen molar-refractivity contribution in [3.63, 3.8) is 0 Å². The fourth-order valence-corrected chi connectivity index (χ4v) is 3.92. The second-order valence-electron chi connectivity index (χ2n) is 7.98. The van der Waals surface area contributed by atoms with Crippen LogP contribution in [0.1, 0.15) is 28.3 Å². The summed E-state index contributed by atoms with van der Waals surface area (Å²) in [4.78, 5) is 33.0. The normalized spacial score (nSPS) is 17.2. The van der Waals surface area contributed by atoms with E-state index in [2.05, 4.69) is 4.98 Å². The Kier molecular flexibility index (Phi) is 6.47. The maximum absolute atomic E-state index is 13.8. The summed E-state index contributed by atoms with van der Waals surface area (Å²) in [5.41, 5.74) is 6.24. The quantitative estimate of drug-likeness (QED) is 0.687. The van der Waals surface area contributed by atoms with Gasteiger partial charge in [0.15, 0.2) is 11.6 Å². The first-order valence-corrected chi connectivity index (χ1v) is 10.4. The van der Waals surface area contributed by atoms with Crippen LogP contribution in [0.15, 0.2) is 18.3 Å². The van der Waals surface area contributed by atoms with E-state index in [1.165, 1.54) is 0 Å². The molecule has 0 unspecified atom stereocenters. The summed E-state index contributed by atoms with van der Waals surface area (Å²) in [6.45, 7) is 3.15. The molecule has 2 aromatic rings. The summed E-state index contributed by atoms with van der Waals surface area (Å²) in [5, 5.41) is 0. The van der Waals surface area contributed by atoms with Gasteiger partial charge in [0.2, 0.25) is 5.91 Å². The molecule has 11 heteroatoms. The van der Waals surface area contributed by atoms with Gasteiger partial charge in [-0.05, 0) is 18.1 Å². The number of aromatic nitrogens is 2. The molecule has 1 saturated heterocycles. The zero-order chi connectivity index (χ0) is 22.8. The Hall–Kier alpha value is -2.92. The highest BCUT2D eigenvalue weighted by atomic mass is 19.2. The third-order valence-corrected chi connectivity index (χ3v) is 5.68. The van der Waals surface area contributed by atoms with Gasteiger partial charge in [0.05, 0.1) is 19.8 Å². The van der Waals surface area contributed by atoms with Crippen molar-refractivity contribution in [1.82, 2.24) is 19.4 Å². The largest absolute Gasteiger partial charge is 0.378 e. The number of carbonyl (C=O) groups is 2. The van der Waals surface area contributed by atoms with Gasteiger partial charge in [-0.3, -0.25) is 9.59 Å². The summed E-state index contributed by atoms with van der Waals surface area (Å²) >= 11 is 0. The molecule has 2 aliphatic rings. The van der Waals surface area contributed by atoms with Crippen molar-refractivity contribution >= 4 is 11.8 Å². The van der Waals surface area contributed by atoms with Crippen LogP contribution >= 0.6 is 0 Å². The van der Waals surface area contributed by atoms with E-state index in [9.17, 15) is 22.8 Å². The van der Waals surface area contributed by atoms with E-state index in [1.54, 1.807) is 16.0 Å². The number of halogens is 3. The molecule has 1 aromatic heterocycles. The molecule has 32 heavy (non-hydrogen) atoms. The first-order chi connectivity index (χ1) is 15.3. The number of ether oxygens (including phenoxy) is 1. The van der Waals surface area contributed by atoms with Gasteiger partial charge in [-0.15, -0.1) is 0 Å². The second kappa shape index (κ2) is 9.29. The fraction of sp³-hybridized carbons (Fsp3) is 0.476. The van der Waals surface area contributed by atoms with E-state index in [1.807, 2.05) is 4.57 Å². The highest BCUT2D eigenvalue weighted by Crippen LogP contribution is 2.18. The number of amides is 2. The third-order valence-electron chi connectivity index (χ3n) is 5.68. The van der Waals surface area contributed by atoms with Crippen LogP contribution in [-0.2, 0) is 29.0 Å². The van der Waals surface area contributed by atoms with Crippen molar-refractivity contribution in [2.45, 2.75) is 32.0 Å². The maximum Gasteiger partial charge on any atom is 0.274 e. The molecular formula is C21H24F3N5O3. The standard InChI is InChI=1S/C21H24F3N5O3/c22-15-10-17(24)16(23)8-13(15)7-14(25)9-20(30)29-2-1-28-11-18(26-19(28)12-29)21(31)27-3-5-32-6-4-27/h8,10-11,14H,1-7,9,12,25H2/t14-/m1/s1. The van der Waals surface area contributed by atoms with Crippen LogP contribution in [-0.4, -0.2) is 70.1 Å². The Labute approximate surface area is 182 Å². The minimum Gasteiger partial charge on any atom is -0.378 e. The van der Waals surface area contributed by atoms with E-state index in [0.29, 0.717) is 57.0 Å². The van der Waals surface area contributed by atoms with Crippen LogP contribution in [0.3, 0.4) is 0 Å². The van der Waals surface area contributed by atoms with Crippen LogP contribution in [0, 0.1) is 17.5 Å². The molecule has 4 rings (SSSR count). The third kappa shape index (κ3) is 4.78. The Morgan fingerprint density at radius 1 is 1.03 bits per heavy atom. The highest BCUT2D eigenvalue weighted by Gasteiger charge is 2.27. The lowest BCUT2D eigenvalue weighted by atomic mass is 10.0. The lowest BCUT2D eigenvalue weighted by molar-refractivity contribution is -0.133. The summed E-state index contributed by atoms with van der Waals surface area (Å²) in [5.74, 6) is -3.15. The van der Waals surface area contributed by atoms with Crippen LogP contribution in [0.25, 0.3) is 0 Å². The first-order valence-electron chi connectivity index (χ1n) is 10.4. The maximum atomic E-state index is 13.8. The topological polar surface area (TPSA) is 93.7 Å². The zero-order valence-corrected chi connectivity index (χ0v) is 17.4. The van der Waals surface area contributed by atoms with E-state index >= 15 is 0 Å². The van der Waals surface area contributed by atoms with Crippen LogP contribution in [0.5, 0.6) is 0 Å². The van der Waals surface area contributed by atoms with Crippen molar-refractivity contribution in [2.75, 3.05) is 32.8 Å². The Balaban J connectivity index is 1.36. The molecule has 3 heterocycles. The van der Waals surface area contributed by atoms with Gasteiger partial charge in [-0.2, -0.15) is 0 Å². The average Bonchev–Trinajstić information content (AvgIpc) is 3.21. The number of nitrogens with two attached hydrogens (primary N) is 1. The molecule has 0 radical (unpaired) electrons. The molecule has 0 saturated carbocycles. The SMILES string of the molecule is N[C@@H](CC(=O)N1CCn2cc(C(=O)N3CCOCC3)nc2C1)Cc1cc(F)c(F)cc1F. The molecule has 0 aliphatic carbocycles. The summed E-state index contributed by atoms with van der Waals surface area (Å²) < 4.78 is 47.4. The van der Waals surface area contributed by atoms with Gasteiger partial charge in [0.1, 0.15) is 17.3 Å². The number of carbonyl (C=O) groups excluding carboxylic acids is 2. The number of hydrogen-bond acceptors (Lipinski definition) is 5. The summed E-state index contributed by atoms with van der Waals surface area (Å²) in [6.07, 6.45) is 1.51. The minimum absolute atomic E-state index is 0.0790. The molecule has 8 nitrogen and oxygen atoms in total. The number of rotatable bonds is 5. The average molecular weight is 451 g/mol. The predicted octanol–water partition coefficient (Wildman–Crippen LogP) is 1.08. The zero-order valence-electron chi connectivity index (χ0n) is 17.4. The monoisotopic (exact) mass is 451 g/mol. The molecule has 2 N–H and O–H groups in total. The molecule has 1 fully saturated rings. The molecule has 2 amide bonds. The van der Waals surface area contributed by atoms with Gasteiger partial charge in [-0.1, -0.05) is 0 Å². The Morgan fingerprint density at radius 2 is 1.75 bits per heavy atom. The minimum atomic E-state index is -1.27.